The van der Waals surface area contributed by atoms with Crippen LogP contribution in [0.15, 0.2) is 82.7 Å². The number of fused-ring (bicyclic) bond motifs is 1. The summed E-state index contributed by atoms with van der Waals surface area (Å²) in [4.78, 5) is 18.8. The van der Waals surface area contributed by atoms with Crippen molar-refractivity contribution in [2.75, 3.05) is 13.2 Å². The van der Waals surface area contributed by atoms with Gasteiger partial charge in [-0.1, -0.05) is 38.1 Å². The Morgan fingerprint density at radius 3 is 2.38 bits per heavy atom. The van der Waals surface area contributed by atoms with Crippen LogP contribution in [-0.4, -0.2) is 29.1 Å². The third-order valence-electron chi connectivity index (χ3n) is 7.22. The molecule has 0 unspecified atom stereocenters. The lowest BCUT2D eigenvalue weighted by Crippen LogP contribution is -2.21. The van der Waals surface area contributed by atoms with Crippen molar-refractivity contribution >= 4 is 39.7 Å². The molecule has 5 rings (SSSR count). The van der Waals surface area contributed by atoms with Crippen molar-refractivity contribution < 1.29 is 18.6 Å². The van der Waals surface area contributed by atoms with E-state index in [0.29, 0.717) is 47.0 Å². The van der Waals surface area contributed by atoms with Crippen molar-refractivity contribution in [3.63, 3.8) is 0 Å². The van der Waals surface area contributed by atoms with Gasteiger partial charge in [-0.3, -0.25) is 4.79 Å². The van der Waals surface area contributed by atoms with Crippen LogP contribution >= 0.6 is 22.6 Å². The van der Waals surface area contributed by atoms with Crippen molar-refractivity contribution in [2.24, 2.45) is 5.10 Å². The molecular formula is C36H35FIN3O4. The molecule has 0 spiro atoms. The Morgan fingerprint density at radius 2 is 1.67 bits per heavy atom. The minimum Gasteiger partial charge on any atom is -0.494 e. The number of para-hydroxylation sites is 1. The van der Waals surface area contributed by atoms with Crippen molar-refractivity contribution in [2.45, 2.75) is 47.1 Å². The molecule has 4 aromatic carbocycles. The fraction of sp³-hybridized carbons (Fsp3) is 0.250. The van der Waals surface area contributed by atoms with Crippen LogP contribution < -0.4 is 19.8 Å². The molecule has 0 fully saturated rings. The molecule has 45 heavy (non-hydrogen) atoms. The third-order valence-corrected chi connectivity index (χ3v) is 8.03. The lowest BCUT2D eigenvalue weighted by atomic mass is 9.96. The van der Waals surface area contributed by atoms with Crippen LogP contribution in [-0.2, 0) is 6.61 Å². The van der Waals surface area contributed by atoms with E-state index in [1.807, 2.05) is 57.2 Å². The van der Waals surface area contributed by atoms with Gasteiger partial charge in [-0.25, -0.2) is 9.37 Å². The van der Waals surface area contributed by atoms with Crippen molar-refractivity contribution in [3.8, 4) is 28.6 Å². The summed E-state index contributed by atoms with van der Waals surface area (Å²) in [7, 11) is 0. The number of hydrogen-bond donors (Lipinski definition) is 0. The van der Waals surface area contributed by atoms with Gasteiger partial charge in [-0.15, -0.1) is 0 Å². The van der Waals surface area contributed by atoms with Gasteiger partial charge >= 0.3 is 0 Å². The number of hydrogen-bond acceptors (Lipinski definition) is 6. The highest BCUT2D eigenvalue weighted by Crippen LogP contribution is 2.36. The van der Waals surface area contributed by atoms with Crippen molar-refractivity contribution in [3.05, 3.63) is 115 Å². The molecule has 5 aromatic rings. The zero-order valence-electron chi connectivity index (χ0n) is 25.9. The van der Waals surface area contributed by atoms with Gasteiger partial charge < -0.3 is 14.2 Å². The van der Waals surface area contributed by atoms with E-state index >= 15 is 0 Å². The molecule has 0 radical (unpaired) electrons. The largest absolute Gasteiger partial charge is 0.494 e. The summed E-state index contributed by atoms with van der Waals surface area (Å²) in [6, 6.07) is 21.3. The first kappa shape index (κ1) is 32.2. The maximum Gasteiger partial charge on any atom is 0.282 e. The summed E-state index contributed by atoms with van der Waals surface area (Å²) >= 11 is 2.19. The fourth-order valence-electron chi connectivity index (χ4n) is 5.00. The second-order valence-electron chi connectivity index (χ2n) is 10.8. The maximum absolute atomic E-state index is 13.9. The molecule has 1 aromatic heterocycles. The van der Waals surface area contributed by atoms with E-state index in [-0.39, 0.29) is 23.9 Å². The van der Waals surface area contributed by atoms with Crippen molar-refractivity contribution in [1.29, 1.82) is 0 Å². The molecule has 0 N–H and O–H groups in total. The zero-order chi connectivity index (χ0) is 32.1. The zero-order valence-corrected chi connectivity index (χ0v) is 28.1. The molecule has 0 aliphatic rings. The van der Waals surface area contributed by atoms with Gasteiger partial charge in [-0.05, 0) is 120 Å². The Hall–Kier alpha value is -4.25. The molecule has 1 heterocycles. The van der Waals surface area contributed by atoms with Crippen LogP contribution in [0.3, 0.4) is 0 Å². The topological polar surface area (TPSA) is 74.9 Å². The number of aryl methyl sites for hydroxylation is 1. The summed E-state index contributed by atoms with van der Waals surface area (Å²) < 4.78 is 33.5. The smallest absolute Gasteiger partial charge is 0.282 e. The molecule has 0 atom stereocenters. The van der Waals surface area contributed by atoms with Crippen LogP contribution in [0.2, 0.25) is 0 Å². The van der Waals surface area contributed by atoms with E-state index in [2.05, 4.69) is 42.5 Å². The van der Waals surface area contributed by atoms with Gasteiger partial charge in [0.2, 0.25) is 0 Å². The summed E-state index contributed by atoms with van der Waals surface area (Å²) in [5.74, 6) is 2.28. The molecular weight excluding hydrogens is 684 g/mol. The van der Waals surface area contributed by atoms with E-state index < -0.39 is 0 Å². The quantitative estimate of drug-likeness (QED) is 0.101. The van der Waals surface area contributed by atoms with Crippen LogP contribution in [0, 0.1) is 16.3 Å². The Bertz CT molecular complexity index is 1920. The van der Waals surface area contributed by atoms with Crippen LogP contribution in [0.25, 0.3) is 22.3 Å². The molecule has 0 aliphatic carbocycles. The van der Waals surface area contributed by atoms with E-state index in [1.165, 1.54) is 16.8 Å². The Kier molecular flexibility index (Phi) is 10.2. The van der Waals surface area contributed by atoms with E-state index in [0.717, 1.165) is 31.6 Å². The highest BCUT2D eigenvalue weighted by Gasteiger charge is 2.19. The van der Waals surface area contributed by atoms with E-state index in [1.54, 1.807) is 24.4 Å². The molecule has 9 heteroatoms. The molecule has 0 saturated heterocycles. The van der Waals surface area contributed by atoms with E-state index in [4.69, 9.17) is 24.3 Å². The Balaban J connectivity index is 1.59. The number of aromatic nitrogens is 2. The van der Waals surface area contributed by atoms with Gasteiger partial charge in [-0.2, -0.15) is 9.78 Å². The Morgan fingerprint density at radius 1 is 0.956 bits per heavy atom. The lowest BCUT2D eigenvalue weighted by Gasteiger charge is -2.18. The maximum atomic E-state index is 13.9. The summed E-state index contributed by atoms with van der Waals surface area (Å²) in [5, 5.41) is 5.17. The molecule has 232 valence electrons. The molecule has 0 bridgehead atoms. The molecule has 0 saturated carbocycles. The van der Waals surface area contributed by atoms with Crippen LogP contribution in [0.4, 0.5) is 4.39 Å². The number of rotatable bonds is 11. The minimum absolute atomic E-state index is 0.192. The number of nitrogens with zero attached hydrogens (tertiary/aromatic N) is 3. The fourth-order valence-corrected chi connectivity index (χ4v) is 5.78. The summed E-state index contributed by atoms with van der Waals surface area (Å²) in [5.41, 5.74) is 4.63. The number of benzene rings is 4. The predicted octanol–water partition coefficient (Wildman–Crippen LogP) is 8.50. The van der Waals surface area contributed by atoms with Gasteiger partial charge in [0, 0.05) is 5.56 Å². The number of halogens is 2. The molecule has 0 aliphatic heterocycles. The van der Waals surface area contributed by atoms with Crippen LogP contribution in [0.1, 0.15) is 55.9 Å². The predicted molar refractivity (Wildman–Crippen MR) is 185 cm³/mol. The monoisotopic (exact) mass is 719 g/mol. The van der Waals surface area contributed by atoms with Crippen LogP contribution in [0.5, 0.6) is 17.2 Å². The van der Waals surface area contributed by atoms with Crippen molar-refractivity contribution in [1.82, 2.24) is 9.66 Å². The summed E-state index contributed by atoms with van der Waals surface area (Å²) in [6.07, 6.45) is 1.63. The SMILES string of the molecule is CCOc1cc(C)c(-c2nc3ccccc3c(=O)n2N=Cc2cc(I)c(OCc3ccc(F)cc3)c(OCC)c2)cc1C(C)C. The van der Waals surface area contributed by atoms with E-state index in [9.17, 15) is 9.18 Å². The lowest BCUT2D eigenvalue weighted by molar-refractivity contribution is 0.267. The first-order valence-corrected chi connectivity index (χ1v) is 15.9. The highest BCUT2D eigenvalue weighted by molar-refractivity contribution is 14.1. The Labute approximate surface area is 275 Å². The average Bonchev–Trinajstić information content (AvgIpc) is 3.01. The highest BCUT2D eigenvalue weighted by atomic mass is 127. The van der Waals surface area contributed by atoms with Gasteiger partial charge in [0.1, 0.15) is 18.2 Å². The number of ether oxygens (including phenoxy) is 3. The average molecular weight is 720 g/mol. The van der Waals surface area contributed by atoms with Gasteiger partial charge in [0.15, 0.2) is 17.3 Å². The molecule has 7 nitrogen and oxygen atoms in total. The van der Waals surface area contributed by atoms with Gasteiger partial charge in [0.05, 0.1) is 33.9 Å². The first-order valence-electron chi connectivity index (χ1n) is 14.9. The second kappa shape index (κ2) is 14.2. The molecule has 0 amide bonds. The summed E-state index contributed by atoms with van der Waals surface area (Å²) in [6.45, 7) is 11.3. The minimum atomic E-state index is -0.297. The standard InChI is InChI=1S/C36H35FIN3O4/c1-6-43-32-16-23(5)29(19-28(32)22(3)4)35-40-31-11-9-8-10-27(31)36(42)41(35)39-20-25-17-30(38)34(33(18-25)44-7-2)45-21-24-12-14-26(37)15-13-24/h8-20,22H,6-7,21H2,1-5H3. The third kappa shape index (κ3) is 7.19. The second-order valence-corrected chi connectivity index (χ2v) is 11.9. The van der Waals surface area contributed by atoms with Gasteiger partial charge in [0.25, 0.3) is 5.56 Å². The normalized spacial score (nSPS) is 11.5. The first-order chi connectivity index (χ1) is 21.7.